The molecule has 0 bridgehead atoms. The van der Waals surface area contributed by atoms with Gasteiger partial charge in [0.15, 0.2) is 0 Å². The van der Waals surface area contributed by atoms with Crippen molar-refractivity contribution in [3.8, 4) is 5.75 Å². The van der Waals surface area contributed by atoms with Crippen LogP contribution in [-0.4, -0.2) is 11.7 Å². The number of benzene rings is 1. The molecular formula is C9H12BrNO. The van der Waals surface area contributed by atoms with Crippen molar-refractivity contribution in [3.05, 3.63) is 27.7 Å². The average molecular weight is 230 g/mol. The molecule has 0 radical (unpaired) electrons. The Labute approximate surface area is 80.5 Å². The zero-order chi connectivity index (χ0) is 9.14. The van der Waals surface area contributed by atoms with Gasteiger partial charge in [-0.15, -0.1) is 0 Å². The van der Waals surface area contributed by atoms with Gasteiger partial charge in [-0.1, -0.05) is 15.9 Å². The summed E-state index contributed by atoms with van der Waals surface area (Å²) in [5.41, 5.74) is 7.53. The van der Waals surface area contributed by atoms with Gasteiger partial charge in [0.2, 0.25) is 0 Å². The van der Waals surface area contributed by atoms with Crippen LogP contribution in [0.1, 0.15) is 11.1 Å². The standard InChI is InChI=1S/C9H12BrNO/c1-6-4-8(12)5-7(2-3-11)9(6)10/h4-5,12H,2-3,11H2,1H3. The molecule has 12 heavy (non-hydrogen) atoms. The van der Waals surface area contributed by atoms with Gasteiger partial charge in [-0.2, -0.15) is 0 Å². The van der Waals surface area contributed by atoms with E-state index in [1.807, 2.05) is 6.92 Å². The predicted octanol–water partition coefficient (Wildman–Crippen LogP) is 1.96. The van der Waals surface area contributed by atoms with E-state index in [1.54, 1.807) is 12.1 Å². The quantitative estimate of drug-likeness (QED) is 0.815. The molecule has 0 unspecified atom stereocenters. The Morgan fingerprint density at radius 3 is 2.75 bits per heavy atom. The lowest BCUT2D eigenvalue weighted by Gasteiger charge is -2.06. The molecule has 1 aromatic carbocycles. The molecule has 0 aromatic heterocycles. The highest BCUT2D eigenvalue weighted by atomic mass is 79.9. The summed E-state index contributed by atoms with van der Waals surface area (Å²) in [4.78, 5) is 0. The van der Waals surface area contributed by atoms with Crippen LogP contribution in [0.2, 0.25) is 0 Å². The number of hydrogen-bond acceptors (Lipinski definition) is 2. The number of aryl methyl sites for hydroxylation is 1. The van der Waals surface area contributed by atoms with Gasteiger partial charge in [-0.25, -0.2) is 0 Å². The number of hydrogen-bond donors (Lipinski definition) is 2. The number of halogens is 1. The highest BCUT2D eigenvalue weighted by Gasteiger charge is 2.03. The minimum absolute atomic E-state index is 0.305. The second-order valence-corrected chi connectivity index (χ2v) is 3.57. The molecule has 3 N–H and O–H groups in total. The van der Waals surface area contributed by atoms with Gasteiger partial charge >= 0.3 is 0 Å². The monoisotopic (exact) mass is 229 g/mol. The van der Waals surface area contributed by atoms with Gasteiger partial charge in [0.1, 0.15) is 5.75 Å². The highest BCUT2D eigenvalue weighted by molar-refractivity contribution is 9.10. The van der Waals surface area contributed by atoms with E-state index >= 15 is 0 Å². The van der Waals surface area contributed by atoms with Crippen LogP contribution < -0.4 is 5.73 Å². The maximum atomic E-state index is 9.28. The van der Waals surface area contributed by atoms with Gasteiger partial charge in [-0.3, -0.25) is 0 Å². The van der Waals surface area contributed by atoms with Crippen LogP contribution in [0.25, 0.3) is 0 Å². The summed E-state index contributed by atoms with van der Waals surface area (Å²) < 4.78 is 1.05. The van der Waals surface area contributed by atoms with E-state index in [4.69, 9.17) is 5.73 Å². The molecule has 0 spiro atoms. The minimum atomic E-state index is 0.305. The molecule has 66 valence electrons. The summed E-state index contributed by atoms with van der Waals surface area (Å²) in [7, 11) is 0. The lowest BCUT2D eigenvalue weighted by Crippen LogP contribution is -2.03. The summed E-state index contributed by atoms with van der Waals surface area (Å²) >= 11 is 3.45. The van der Waals surface area contributed by atoms with Crippen LogP contribution in [0.5, 0.6) is 5.75 Å². The van der Waals surface area contributed by atoms with E-state index in [1.165, 1.54) is 0 Å². The van der Waals surface area contributed by atoms with E-state index in [0.717, 1.165) is 22.0 Å². The van der Waals surface area contributed by atoms with Crippen molar-refractivity contribution in [1.82, 2.24) is 0 Å². The largest absolute Gasteiger partial charge is 0.508 e. The number of aromatic hydroxyl groups is 1. The molecule has 0 atom stereocenters. The average Bonchev–Trinajstić information content (AvgIpc) is 2.00. The second kappa shape index (κ2) is 3.92. The molecular weight excluding hydrogens is 218 g/mol. The summed E-state index contributed by atoms with van der Waals surface area (Å²) in [6.45, 7) is 2.55. The maximum absolute atomic E-state index is 9.28. The summed E-state index contributed by atoms with van der Waals surface area (Å²) in [5.74, 6) is 0.305. The normalized spacial score (nSPS) is 10.2. The van der Waals surface area contributed by atoms with Crippen molar-refractivity contribution in [2.24, 2.45) is 5.73 Å². The molecule has 0 amide bonds. The molecule has 0 aliphatic heterocycles. The Hall–Kier alpha value is -0.540. The third-order valence-corrected chi connectivity index (χ3v) is 2.86. The molecule has 0 saturated carbocycles. The highest BCUT2D eigenvalue weighted by Crippen LogP contribution is 2.26. The number of rotatable bonds is 2. The lowest BCUT2D eigenvalue weighted by molar-refractivity contribution is 0.474. The molecule has 2 nitrogen and oxygen atoms in total. The molecule has 0 aliphatic carbocycles. The topological polar surface area (TPSA) is 46.2 Å². The van der Waals surface area contributed by atoms with Crippen LogP contribution in [0.15, 0.2) is 16.6 Å². The van der Waals surface area contributed by atoms with Crippen LogP contribution in [0.4, 0.5) is 0 Å². The fourth-order valence-corrected chi connectivity index (χ4v) is 1.59. The van der Waals surface area contributed by atoms with Crippen molar-refractivity contribution >= 4 is 15.9 Å². The molecule has 0 aliphatic rings. The Morgan fingerprint density at radius 1 is 1.50 bits per heavy atom. The first-order valence-electron chi connectivity index (χ1n) is 3.83. The Kier molecular flexibility index (Phi) is 3.12. The Morgan fingerprint density at radius 2 is 2.17 bits per heavy atom. The van der Waals surface area contributed by atoms with Gasteiger partial charge in [0.25, 0.3) is 0 Å². The Balaban J connectivity index is 3.09. The van der Waals surface area contributed by atoms with E-state index in [2.05, 4.69) is 15.9 Å². The van der Waals surface area contributed by atoms with Gasteiger partial charge in [-0.05, 0) is 43.1 Å². The zero-order valence-electron chi connectivity index (χ0n) is 6.97. The van der Waals surface area contributed by atoms with Crippen LogP contribution in [0.3, 0.4) is 0 Å². The van der Waals surface area contributed by atoms with Gasteiger partial charge < -0.3 is 10.8 Å². The van der Waals surface area contributed by atoms with Crippen LogP contribution in [-0.2, 0) is 6.42 Å². The minimum Gasteiger partial charge on any atom is -0.508 e. The maximum Gasteiger partial charge on any atom is 0.116 e. The molecule has 1 aromatic rings. The Bertz CT molecular complexity index is 286. The van der Waals surface area contributed by atoms with Crippen molar-refractivity contribution < 1.29 is 5.11 Å². The fourth-order valence-electron chi connectivity index (χ4n) is 1.16. The second-order valence-electron chi connectivity index (χ2n) is 2.77. The predicted molar refractivity (Wildman–Crippen MR) is 53.3 cm³/mol. The van der Waals surface area contributed by atoms with Crippen LogP contribution in [0, 0.1) is 6.92 Å². The fraction of sp³-hybridized carbons (Fsp3) is 0.333. The van der Waals surface area contributed by atoms with Gasteiger partial charge in [0, 0.05) is 4.47 Å². The van der Waals surface area contributed by atoms with Gasteiger partial charge in [0.05, 0.1) is 0 Å². The van der Waals surface area contributed by atoms with E-state index in [-0.39, 0.29) is 0 Å². The first-order chi connectivity index (χ1) is 5.65. The molecule has 0 heterocycles. The zero-order valence-corrected chi connectivity index (χ0v) is 8.56. The molecule has 3 heteroatoms. The summed E-state index contributed by atoms with van der Waals surface area (Å²) in [5, 5.41) is 9.28. The van der Waals surface area contributed by atoms with Crippen molar-refractivity contribution in [3.63, 3.8) is 0 Å². The molecule has 1 rings (SSSR count). The third-order valence-electron chi connectivity index (χ3n) is 1.73. The number of phenols is 1. The van der Waals surface area contributed by atoms with Crippen LogP contribution >= 0.6 is 15.9 Å². The number of phenolic OH excluding ortho intramolecular Hbond substituents is 1. The first-order valence-corrected chi connectivity index (χ1v) is 4.62. The van der Waals surface area contributed by atoms with Crippen molar-refractivity contribution in [1.29, 1.82) is 0 Å². The summed E-state index contributed by atoms with van der Waals surface area (Å²) in [6, 6.07) is 3.47. The SMILES string of the molecule is Cc1cc(O)cc(CCN)c1Br. The summed E-state index contributed by atoms with van der Waals surface area (Å²) in [6.07, 6.45) is 0.788. The lowest BCUT2D eigenvalue weighted by atomic mass is 10.1. The third kappa shape index (κ3) is 1.99. The van der Waals surface area contributed by atoms with Crippen molar-refractivity contribution in [2.75, 3.05) is 6.54 Å². The smallest absolute Gasteiger partial charge is 0.116 e. The van der Waals surface area contributed by atoms with E-state index in [0.29, 0.717) is 12.3 Å². The number of nitrogens with two attached hydrogens (primary N) is 1. The molecule has 0 saturated heterocycles. The van der Waals surface area contributed by atoms with E-state index in [9.17, 15) is 5.11 Å². The van der Waals surface area contributed by atoms with Crippen molar-refractivity contribution in [2.45, 2.75) is 13.3 Å². The first kappa shape index (κ1) is 9.55. The van der Waals surface area contributed by atoms with E-state index < -0.39 is 0 Å². The molecule has 0 fully saturated rings.